The van der Waals surface area contributed by atoms with Gasteiger partial charge in [-0.3, -0.25) is 0 Å². The molecule has 3 heteroatoms. The Morgan fingerprint density at radius 3 is 2.78 bits per heavy atom. The van der Waals surface area contributed by atoms with E-state index in [2.05, 4.69) is 25.2 Å². The number of benzene rings is 1. The van der Waals surface area contributed by atoms with Crippen LogP contribution in [0.25, 0.3) is 0 Å². The molecule has 2 rings (SSSR count). The van der Waals surface area contributed by atoms with Crippen molar-refractivity contribution in [3.05, 3.63) is 29.3 Å². The Morgan fingerprint density at radius 2 is 2.11 bits per heavy atom. The van der Waals surface area contributed by atoms with Crippen LogP contribution >= 0.6 is 0 Å². The third-order valence-corrected chi connectivity index (χ3v) is 3.69. The summed E-state index contributed by atoms with van der Waals surface area (Å²) in [5.74, 6) is 0. The largest absolute Gasteiger partial charge is 0.322 e. The van der Waals surface area contributed by atoms with Crippen LogP contribution in [0.5, 0.6) is 0 Å². The van der Waals surface area contributed by atoms with Gasteiger partial charge in [0.05, 0.1) is 0 Å². The third kappa shape index (κ3) is 2.84. The van der Waals surface area contributed by atoms with E-state index < -0.39 is 0 Å². The van der Waals surface area contributed by atoms with Crippen LogP contribution in [0.1, 0.15) is 37.3 Å². The summed E-state index contributed by atoms with van der Waals surface area (Å²) in [4.78, 5) is 14.2. The van der Waals surface area contributed by atoms with Crippen LogP contribution in [0.3, 0.4) is 0 Å². The molecule has 1 aromatic rings. The number of likely N-dealkylation sites (tertiary alicyclic amines) is 1. The number of carbonyl (C=O) groups excluding carboxylic acids is 1. The quantitative estimate of drug-likeness (QED) is 0.805. The van der Waals surface area contributed by atoms with E-state index in [0.717, 1.165) is 30.6 Å². The van der Waals surface area contributed by atoms with Crippen LogP contribution < -0.4 is 5.32 Å². The van der Waals surface area contributed by atoms with Crippen LogP contribution in [0.2, 0.25) is 0 Å². The summed E-state index contributed by atoms with van der Waals surface area (Å²) in [5, 5.41) is 3.02. The topological polar surface area (TPSA) is 32.3 Å². The Morgan fingerprint density at radius 1 is 1.33 bits per heavy atom. The molecule has 1 saturated heterocycles. The van der Waals surface area contributed by atoms with Gasteiger partial charge in [0.15, 0.2) is 0 Å². The van der Waals surface area contributed by atoms with Crippen molar-refractivity contribution in [2.24, 2.45) is 0 Å². The molecule has 0 spiro atoms. The maximum atomic E-state index is 12.2. The molecule has 0 bridgehead atoms. The highest BCUT2D eigenvalue weighted by Gasteiger charge is 2.23. The average molecular weight is 246 g/mol. The van der Waals surface area contributed by atoms with Gasteiger partial charge >= 0.3 is 6.03 Å². The standard InChI is InChI=1S/C15H22N2O/c1-11-7-8-14(12(2)10-11)16-15(18)17-9-5-4-6-13(17)3/h7-8,10,13H,4-6,9H2,1-3H3,(H,16,18)/t13-/m1/s1. The molecule has 0 aromatic heterocycles. The van der Waals surface area contributed by atoms with Crippen molar-refractivity contribution in [3.63, 3.8) is 0 Å². The predicted molar refractivity (Wildman–Crippen MR) is 75.0 cm³/mol. The average Bonchev–Trinajstić information content (AvgIpc) is 2.33. The van der Waals surface area contributed by atoms with Crippen molar-refractivity contribution in [1.29, 1.82) is 0 Å². The second-order valence-corrected chi connectivity index (χ2v) is 5.29. The second kappa shape index (κ2) is 5.42. The van der Waals surface area contributed by atoms with Gasteiger partial charge in [-0.05, 0) is 51.7 Å². The molecule has 0 saturated carbocycles. The van der Waals surface area contributed by atoms with Gasteiger partial charge in [0, 0.05) is 18.3 Å². The Balaban J connectivity index is 2.06. The van der Waals surface area contributed by atoms with Gasteiger partial charge in [-0.2, -0.15) is 0 Å². The summed E-state index contributed by atoms with van der Waals surface area (Å²) in [6.45, 7) is 7.09. The number of rotatable bonds is 1. The monoisotopic (exact) mass is 246 g/mol. The molecule has 1 aromatic carbocycles. The zero-order chi connectivity index (χ0) is 13.1. The summed E-state index contributed by atoms with van der Waals surface area (Å²) >= 11 is 0. The van der Waals surface area contributed by atoms with Gasteiger partial charge in [-0.1, -0.05) is 17.7 Å². The minimum atomic E-state index is 0.0363. The summed E-state index contributed by atoms with van der Waals surface area (Å²) in [6.07, 6.45) is 3.46. The third-order valence-electron chi connectivity index (χ3n) is 3.69. The van der Waals surface area contributed by atoms with Crippen LogP contribution in [0.4, 0.5) is 10.5 Å². The second-order valence-electron chi connectivity index (χ2n) is 5.29. The molecule has 1 heterocycles. The first-order chi connectivity index (χ1) is 8.58. The first-order valence-corrected chi connectivity index (χ1v) is 6.73. The minimum absolute atomic E-state index is 0.0363. The predicted octanol–water partition coefficient (Wildman–Crippen LogP) is 3.71. The van der Waals surface area contributed by atoms with Gasteiger partial charge in [-0.15, -0.1) is 0 Å². The Labute approximate surface area is 109 Å². The lowest BCUT2D eigenvalue weighted by molar-refractivity contribution is 0.170. The van der Waals surface area contributed by atoms with E-state index >= 15 is 0 Å². The zero-order valence-corrected chi connectivity index (χ0v) is 11.5. The lowest BCUT2D eigenvalue weighted by Gasteiger charge is -2.33. The first kappa shape index (κ1) is 12.9. The highest BCUT2D eigenvalue weighted by molar-refractivity contribution is 5.90. The molecule has 0 radical (unpaired) electrons. The maximum Gasteiger partial charge on any atom is 0.322 e. The number of piperidine rings is 1. The summed E-state index contributed by atoms with van der Waals surface area (Å²) < 4.78 is 0. The normalized spacial score (nSPS) is 19.7. The zero-order valence-electron chi connectivity index (χ0n) is 11.5. The SMILES string of the molecule is Cc1ccc(NC(=O)N2CCCC[C@H]2C)c(C)c1. The Bertz CT molecular complexity index is 442. The van der Waals surface area contributed by atoms with Crippen molar-refractivity contribution >= 4 is 11.7 Å². The number of anilines is 1. The van der Waals surface area contributed by atoms with Crippen LogP contribution in [0, 0.1) is 13.8 Å². The van der Waals surface area contributed by atoms with Crippen molar-refractivity contribution in [1.82, 2.24) is 4.90 Å². The molecule has 98 valence electrons. The van der Waals surface area contributed by atoms with Gasteiger partial charge < -0.3 is 10.2 Å². The van der Waals surface area contributed by atoms with Crippen molar-refractivity contribution < 1.29 is 4.79 Å². The number of amides is 2. The molecule has 0 unspecified atom stereocenters. The number of hydrogen-bond donors (Lipinski definition) is 1. The number of hydrogen-bond acceptors (Lipinski definition) is 1. The van der Waals surface area contributed by atoms with E-state index in [4.69, 9.17) is 0 Å². The number of urea groups is 1. The number of aryl methyl sites for hydroxylation is 2. The van der Waals surface area contributed by atoms with Gasteiger partial charge in [0.25, 0.3) is 0 Å². The molecule has 0 aliphatic carbocycles. The summed E-state index contributed by atoms with van der Waals surface area (Å²) in [7, 11) is 0. The van der Waals surface area contributed by atoms with Gasteiger partial charge in [-0.25, -0.2) is 4.79 Å². The first-order valence-electron chi connectivity index (χ1n) is 6.73. The van der Waals surface area contributed by atoms with E-state index in [-0.39, 0.29) is 6.03 Å². The van der Waals surface area contributed by atoms with E-state index in [1.165, 1.54) is 12.0 Å². The summed E-state index contributed by atoms with van der Waals surface area (Å²) in [6, 6.07) is 6.49. The molecule has 1 N–H and O–H groups in total. The lowest BCUT2D eigenvalue weighted by atomic mass is 10.0. The molecular weight excluding hydrogens is 224 g/mol. The fourth-order valence-electron chi connectivity index (χ4n) is 2.54. The Kier molecular flexibility index (Phi) is 3.90. The summed E-state index contributed by atoms with van der Waals surface area (Å²) in [5.41, 5.74) is 3.26. The van der Waals surface area contributed by atoms with Crippen molar-refractivity contribution in [3.8, 4) is 0 Å². The smallest absolute Gasteiger partial charge is 0.322 e. The molecule has 3 nitrogen and oxygen atoms in total. The molecule has 2 amide bonds. The lowest BCUT2D eigenvalue weighted by Crippen LogP contribution is -2.44. The number of nitrogens with one attached hydrogen (secondary N) is 1. The highest BCUT2D eigenvalue weighted by atomic mass is 16.2. The van der Waals surface area contributed by atoms with Crippen molar-refractivity contribution in [2.45, 2.75) is 46.1 Å². The van der Waals surface area contributed by atoms with Crippen LogP contribution in [0.15, 0.2) is 18.2 Å². The van der Waals surface area contributed by atoms with E-state index in [0.29, 0.717) is 6.04 Å². The Hall–Kier alpha value is -1.51. The number of nitrogens with zero attached hydrogens (tertiary/aromatic N) is 1. The highest BCUT2D eigenvalue weighted by Crippen LogP contribution is 2.20. The van der Waals surface area contributed by atoms with Gasteiger partial charge in [0.2, 0.25) is 0 Å². The molecule has 18 heavy (non-hydrogen) atoms. The fourth-order valence-corrected chi connectivity index (χ4v) is 2.54. The minimum Gasteiger partial charge on any atom is -0.322 e. The fraction of sp³-hybridized carbons (Fsp3) is 0.533. The maximum absolute atomic E-state index is 12.2. The molecule has 1 atom stereocenters. The molecular formula is C15H22N2O. The number of carbonyl (C=O) groups is 1. The molecule has 1 aliphatic heterocycles. The van der Waals surface area contributed by atoms with E-state index in [1.54, 1.807) is 0 Å². The molecule has 1 fully saturated rings. The van der Waals surface area contributed by atoms with E-state index in [1.807, 2.05) is 24.0 Å². The van der Waals surface area contributed by atoms with E-state index in [9.17, 15) is 4.79 Å². The van der Waals surface area contributed by atoms with Gasteiger partial charge in [0.1, 0.15) is 0 Å². The molecule has 1 aliphatic rings. The van der Waals surface area contributed by atoms with Crippen molar-refractivity contribution in [2.75, 3.05) is 11.9 Å². The van der Waals surface area contributed by atoms with Crippen LogP contribution in [-0.2, 0) is 0 Å². The van der Waals surface area contributed by atoms with Crippen LogP contribution in [-0.4, -0.2) is 23.5 Å².